The Labute approximate surface area is 109 Å². The van der Waals surface area contributed by atoms with Gasteiger partial charge in [-0.25, -0.2) is 4.79 Å². The highest BCUT2D eigenvalue weighted by atomic mass is 16.4. The van der Waals surface area contributed by atoms with E-state index in [0.717, 1.165) is 0 Å². The number of carboxylic acids is 1. The third-order valence-electron chi connectivity index (χ3n) is 4.29. The quantitative estimate of drug-likeness (QED) is 0.840. The number of rotatable bonds is 2. The van der Waals surface area contributed by atoms with Crippen LogP contribution in [0, 0.1) is 0 Å². The fourth-order valence-electron chi connectivity index (χ4n) is 2.99. The molecule has 2 heteroatoms. The lowest BCUT2D eigenvalue weighted by Crippen LogP contribution is -2.23. The lowest BCUT2D eigenvalue weighted by molar-refractivity contribution is 0.0697. The van der Waals surface area contributed by atoms with Crippen LogP contribution in [0.25, 0.3) is 0 Å². The summed E-state index contributed by atoms with van der Waals surface area (Å²) in [6.07, 6.45) is 9.06. The SMILES string of the molecule is CC1(c2ccc(C(=O)O)cc2)CCCCCCC1. The molecular formula is C16H22O2. The molecule has 1 aromatic rings. The molecule has 1 aliphatic rings. The van der Waals surface area contributed by atoms with Crippen LogP contribution in [0.5, 0.6) is 0 Å². The summed E-state index contributed by atoms with van der Waals surface area (Å²) in [5.41, 5.74) is 1.92. The molecule has 0 aliphatic heterocycles. The van der Waals surface area contributed by atoms with Gasteiger partial charge in [0.2, 0.25) is 0 Å². The molecule has 0 spiro atoms. The first kappa shape index (κ1) is 13.1. The molecule has 0 saturated heterocycles. The Morgan fingerprint density at radius 2 is 1.50 bits per heavy atom. The van der Waals surface area contributed by atoms with Gasteiger partial charge in [-0.3, -0.25) is 0 Å². The molecule has 0 heterocycles. The van der Waals surface area contributed by atoms with Crippen molar-refractivity contribution in [1.82, 2.24) is 0 Å². The Hall–Kier alpha value is -1.31. The van der Waals surface area contributed by atoms with Crippen LogP contribution < -0.4 is 0 Å². The maximum Gasteiger partial charge on any atom is 0.335 e. The van der Waals surface area contributed by atoms with Crippen molar-refractivity contribution in [3.8, 4) is 0 Å². The number of carbonyl (C=O) groups is 1. The summed E-state index contributed by atoms with van der Waals surface area (Å²) >= 11 is 0. The van der Waals surface area contributed by atoms with Crippen LogP contribution in [0.2, 0.25) is 0 Å². The first-order chi connectivity index (χ1) is 8.62. The van der Waals surface area contributed by atoms with E-state index in [9.17, 15) is 4.79 Å². The Balaban J connectivity index is 2.19. The van der Waals surface area contributed by atoms with E-state index in [4.69, 9.17) is 5.11 Å². The van der Waals surface area contributed by atoms with Gasteiger partial charge in [0.15, 0.2) is 0 Å². The van der Waals surface area contributed by atoms with E-state index in [1.165, 1.54) is 50.5 Å². The maximum atomic E-state index is 10.9. The van der Waals surface area contributed by atoms with Gasteiger partial charge in [0.1, 0.15) is 0 Å². The second-order valence-corrected chi connectivity index (χ2v) is 5.71. The van der Waals surface area contributed by atoms with E-state index in [2.05, 4.69) is 6.92 Å². The monoisotopic (exact) mass is 246 g/mol. The number of benzene rings is 1. The van der Waals surface area contributed by atoms with Crippen LogP contribution in [0.4, 0.5) is 0 Å². The summed E-state index contributed by atoms with van der Waals surface area (Å²) in [5, 5.41) is 8.93. The van der Waals surface area contributed by atoms with Crippen LogP contribution in [-0.2, 0) is 5.41 Å². The summed E-state index contributed by atoms with van der Waals surface area (Å²) in [6.45, 7) is 2.33. The molecule has 0 amide bonds. The second kappa shape index (κ2) is 5.55. The van der Waals surface area contributed by atoms with Gasteiger partial charge in [-0.2, -0.15) is 0 Å². The topological polar surface area (TPSA) is 37.3 Å². The van der Waals surface area contributed by atoms with E-state index in [0.29, 0.717) is 5.56 Å². The number of hydrogen-bond donors (Lipinski definition) is 1. The largest absolute Gasteiger partial charge is 0.478 e. The van der Waals surface area contributed by atoms with Gasteiger partial charge < -0.3 is 5.11 Å². The lowest BCUT2D eigenvalue weighted by Gasteiger charge is -2.32. The van der Waals surface area contributed by atoms with Crippen molar-refractivity contribution in [2.45, 2.75) is 57.3 Å². The normalized spacial score (nSPS) is 19.8. The molecule has 0 unspecified atom stereocenters. The van der Waals surface area contributed by atoms with Gasteiger partial charge in [-0.1, -0.05) is 51.2 Å². The average Bonchev–Trinajstić information content (AvgIpc) is 2.34. The van der Waals surface area contributed by atoms with Gasteiger partial charge in [0.05, 0.1) is 5.56 Å². The fourth-order valence-corrected chi connectivity index (χ4v) is 2.99. The van der Waals surface area contributed by atoms with Crippen molar-refractivity contribution in [3.05, 3.63) is 35.4 Å². The van der Waals surface area contributed by atoms with E-state index in [-0.39, 0.29) is 5.41 Å². The van der Waals surface area contributed by atoms with E-state index in [1.54, 1.807) is 12.1 Å². The first-order valence-corrected chi connectivity index (χ1v) is 6.96. The minimum atomic E-state index is -0.843. The molecule has 2 rings (SSSR count). The summed E-state index contributed by atoms with van der Waals surface area (Å²) in [6, 6.07) is 7.49. The molecule has 0 aromatic heterocycles. The van der Waals surface area contributed by atoms with Crippen LogP contribution in [0.15, 0.2) is 24.3 Å². The summed E-state index contributed by atoms with van der Waals surface area (Å²) in [7, 11) is 0. The minimum Gasteiger partial charge on any atom is -0.478 e. The first-order valence-electron chi connectivity index (χ1n) is 6.96. The number of aromatic carboxylic acids is 1. The zero-order valence-corrected chi connectivity index (χ0v) is 11.1. The third-order valence-corrected chi connectivity index (χ3v) is 4.29. The zero-order chi connectivity index (χ0) is 13.0. The predicted octanol–water partition coefficient (Wildman–Crippen LogP) is 4.39. The molecule has 1 N–H and O–H groups in total. The fraction of sp³-hybridized carbons (Fsp3) is 0.562. The highest BCUT2D eigenvalue weighted by molar-refractivity contribution is 5.87. The van der Waals surface area contributed by atoms with Gasteiger partial charge in [0, 0.05) is 0 Å². The molecule has 1 aliphatic carbocycles. The summed E-state index contributed by atoms with van der Waals surface area (Å²) in [4.78, 5) is 10.9. The predicted molar refractivity (Wildman–Crippen MR) is 73.1 cm³/mol. The zero-order valence-electron chi connectivity index (χ0n) is 11.1. The summed E-state index contributed by atoms with van der Waals surface area (Å²) in [5.74, 6) is -0.843. The number of carboxylic acid groups (broad SMARTS) is 1. The van der Waals surface area contributed by atoms with Crippen molar-refractivity contribution >= 4 is 5.97 Å². The Bertz CT molecular complexity index is 398. The Morgan fingerprint density at radius 1 is 1.00 bits per heavy atom. The van der Waals surface area contributed by atoms with Crippen molar-refractivity contribution in [1.29, 1.82) is 0 Å². The lowest BCUT2D eigenvalue weighted by atomic mass is 9.73. The molecule has 1 fully saturated rings. The smallest absolute Gasteiger partial charge is 0.335 e. The molecule has 2 nitrogen and oxygen atoms in total. The van der Waals surface area contributed by atoms with Gasteiger partial charge in [0.25, 0.3) is 0 Å². The Morgan fingerprint density at radius 3 is 2.00 bits per heavy atom. The average molecular weight is 246 g/mol. The Kier molecular flexibility index (Phi) is 4.05. The van der Waals surface area contributed by atoms with Crippen LogP contribution in [0.3, 0.4) is 0 Å². The van der Waals surface area contributed by atoms with Crippen LogP contribution >= 0.6 is 0 Å². The molecule has 98 valence electrons. The van der Waals surface area contributed by atoms with Gasteiger partial charge >= 0.3 is 5.97 Å². The molecular weight excluding hydrogens is 224 g/mol. The van der Waals surface area contributed by atoms with Gasteiger partial charge in [-0.15, -0.1) is 0 Å². The van der Waals surface area contributed by atoms with Crippen molar-refractivity contribution in [3.63, 3.8) is 0 Å². The van der Waals surface area contributed by atoms with Crippen LogP contribution in [0.1, 0.15) is 67.8 Å². The van der Waals surface area contributed by atoms with E-state index < -0.39 is 5.97 Å². The third kappa shape index (κ3) is 2.92. The molecule has 0 atom stereocenters. The van der Waals surface area contributed by atoms with Crippen molar-refractivity contribution in [2.75, 3.05) is 0 Å². The highest BCUT2D eigenvalue weighted by Crippen LogP contribution is 2.37. The van der Waals surface area contributed by atoms with Crippen molar-refractivity contribution in [2.24, 2.45) is 0 Å². The van der Waals surface area contributed by atoms with E-state index >= 15 is 0 Å². The number of hydrogen-bond acceptors (Lipinski definition) is 1. The van der Waals surface area contributed by atoms with Gasteiger partial charge in [-0.05, 0) is 36.0 Å². The maximum absolute atomic E-state index is 10.9. The second-order valence-electron chi connectivity index (χ2n) is 5.71. The van der Waals surface area contributed by atoms with Crippen molar-refractivity contribution < 1.29 is 9.90 Å². The van der Waals surface area contributed by atoms with Crippen LogP contribution in [-0.4, -0.2) is 11.1 Å². The standard InChI is InChI=1S/C16H22O2/c1-16(11-5-3-2-4-6-12-16)14-9-7-13(8-10-14)15(17)18/h7-10H,2-6,11-12H2,1H3,(H,17,18). The molecule has 1 aromatic carbocycles. The minimum absolute atomic E-state index is 0.234. The van der Waals surface area contributed by atoms with E-state index in [1.807, 2.05) is 12.1 Å². The molecule has 0 radical (unpaired) electrons. The molecule has 1 saturated carbocycles. The molecule has 18 heavy (non-hydrogen) atoms. The molecule has 0 bridgehead atoms. The summed E-state index contributed by atoms with van der Waals surface area (Å²) < 4.78 is 0. The highest BCUT2D eigenvalue weighted by Gasteiger charge is 2.26.